The third kappa shape index (κ3) is 8.29. The van der Waals surface area contributed by atoms with Gasteiger partial charge in [0, 0.05) is 37.2 Å². The number of hydrogen-bond donors (Lipinski definition) is 0. The van der Waals surface area contributed by atoms with E-state index < -0.39 is 8.07 Å². The number of aromatic nitrogens is 2. The molecule has 0 saturated heterocycles. The van der Waals surface area contributed by atoms with Crippen LogP contribution in [-0.4, -0.2) is 18.0 Å². The molecule has 3 aromatic heterocycles. The predicted octanol–water partition coefficient (Wildman–Crippen LogP) is 12.4. The van der Waals surface area contributed by atoms with Gasteiger partial charge in [0.1, 0.15) is 0 Å². The van der Waals surface area contributed by atoms with Crippen molar-refractivity contribution in [1.29, 1.82) is 0 Å². The van der Waals surface area contributed by atoms with E-state index in [-0.39, 0.29) is 25.5 Å². The van der Waals surface area contributed by atoms with Gasteiger partial charge in [-0.25, -0.2) is 0 Å². The summed E-state index contributed by atoms with van der Waals surface area (Å²) in [5.74, 6) is 0. The third-order valence-electron chi connectivity index (χ3n) is 8.93. The van der Waals surface area contributed by atoms with Crippen LogP contribution in [0.4, 0.5) is 0 Å². The minimum atomic E-state index is -1.37. The molecule has 0 bridgehead atoms. The topological polar surface area (TPSA) is 25.8 Å². The van der Waals surface area contributed by atoms with Gasteiger partial charge in [-0.15, -0.1) is 59.7 Å². The molecular weight excluding hydrogens is 833 g/mol. The molecule has 3 heterocycles. The Labute approximate surface area is 321 Å². The average molecular weight is 875 g/mol. The molecule has 0 saturated carbocycles. The molecule has 0 N–H and O–H groups in total. The number of pyridine rings is 2. The van der Waals surface area contributed by atoms with Crippen molar-refractivity contribution in [3.05, 3.63) is 151 Å². The van der Waals surface area contributed by atoms with E-state index in [9.17, 15) is 0 Å². The van der Waals surface area contributed by atoms with Gasteiger partial charge in [-0.05, 0) is 66.5 Å². The minimum absolute atomic E-state index is 0. The van der Waals surface area contributed by atoms with Crippen molar-refractivity contribution >= 4 is 55.5 Å². The van der Waals surface area contributed by atoms with Crippen LogP contribution in [0.3, 0.4) is 0 Å². The maximum absolute atomic E-state index is 4.74. The standard InChI is InChI=1S/C27H16NS.C19H26NSi.Ir/c1-2-7-18(8-3-1)20-13-14-22-23-11-6-12-24(27(23)29-26(22)16-20)25-15-19-9-4-5-10-21(19)17-28-25;1-19(2,3)13-16-12-17(15-10-8-7-9-11-15)20-14-18(16)21(4,5)6;/h1-11,13-17H;7-10,12,14H,13H2,1-6H3;/q2*-1;. The van der Waals surface area contributed by atoms with Crippen LogP contribution in [0, 0.1) is 17.5 Å². The fourth-order valence-corrected chi connectivity index (χ4v) is 9.38. The van der Waals surface area contributed by atoms with E-state index in [4.69, 9.17) is 9.97 Å². The zero-order valence-corrected chi connectivity index (χ0v) is 34.3. The fraction of sp³-hybridized carbons (Fsp3) is 0.174. The summed E-state index contributed by atoms with van der Waals surface area (Å²) >= 11 is 1.83. The SMILES string of the molecule is CC(C)(C)Cc1cc(-c2[c-]cccc2)ncc1[Si](C)(C)C.[Ir].[c-]1ccc2c(sc3cc(-c4ccccc4)ccc32)c1-c1cc2ccccc2cn1. The second kappa shape index (κ2) is 15.2. The van der Waals surface area contributed by atoms with Crippen molar-refractivity contribution in [3.8, 4) is 33.6 Å². The molecule has 5 aromatic carbocycles. The smallest absolute Gasteiger partial charge is 0.0798 e. The third-order valence-corrected chi connectivity index (χ3v) is 12.2. The summed E-state index contributed by atoms with van der Waals surface area (Å²) in [7, 11) is -1.37. The van der Waals surface area contributed by atoms with Crippen LogP contribution in [0.25, 0.3) is 64.6 Å². The fourth-order valence-electron chi connectivity index (χ4n) is 6.55. The van der Waals surface area contributed by atoms with Gasteiger partial charge >= 0.3 is 0 Å². The molecule has 8 rings (SSSR count). The summed E-state index contributed by atoms with van der Waals surface area (Å²) in [6, 6.07) is 49.1. The van der Waals surface area contributed by atoms with E-state index in [1.165, 1.54) is 47.4 Å². The Hall–Kier alpha value is -4.25. The van der Waals surface area contributed by atoms with Crippen LogP contribution in [0.15, 0.2) is 134 Å². The first-order valence-corrected chi connectivity index (χ1v) is 21.6. The molecule has 51 heavy (non-hydrogen) atoms. The van der Waals surface area contributed by atoms with Crippen molar-refractivity contribution in [1.82, 2.24) is 9.97 Å². The van der Waals surface area contributed by atoms with Crippen molar-refractivity contribution in [2.24, 2.45) is 5.41 Å². The molecule has 0 aliphatic carbocycles. The van der Waals surface area contributed by atoms with Gasteiger partial charge in [0.2, 0.25) is 0 Å². The largest absolute Gasteiger partial charge is 0.305 e. The monoisotopic (exact) mass is 875 g/mol. The maximum atomic E-state index is 4.74. The molecule has 5 heteroatoms. The zero-order valence-electron chi connectivity index (χ0n) is 30.0. The van der Waals surface area contributed by atoms with Crippen LogP contribution in [0.2, 0.25) is 19.6 Å². The van der Waals surface area contributed by atoms with Crippen molar-refractivity contribution in [2.75, 3.05) is 0 Å². The van der Waals surface area contributed by atoms with Gasteiger partial charge in [-0.1, -0.05) is 130 Å². The average Bonchev–Trinajstić information content (AvgIpc) is 3.49. The summed E-state index contributed by atoms with van der Waals surface area (Å²) < 4.78 is 2.54. The second-order valence-electron chi connectivity index (χ2n) is 15.2. The Morgan fingerprint density at radius 2 is 1.37 bits per heavy atom. The van der Waals surface area contributed by atoms with Crippen LogP contribution in [0.1, 0.15) is 26.3 Å². The van der Waals surface area contributed by atoms with Crippen LogP contribution >= 0.6 is 11.3 Å². The van der Waals surface area contributed by atoms with Gasteiger partial charge < -0.3 is 9.97 Å². The first kappa shape index (κ1) is 36.5. The van der Waals surface area contributed by atoms with Gasteiger partial charge in [0.25, 0.3) is 0 Å². The Morgan fingerprint density at radius 1 is 0.647 bits per heavy atom. The Morgan fingerprint density at radius 3 is 2.10 bits per heavy atom. The molecular formula is C46H42IrN2SSi-2. The normalized spacial score (nSPS) is 11.6. The summed E-state index contributed by atoms with van der Waals surface area (Å²) in [5, 5.41) is 6.41. The first-order valence-electron chi connectivity index (χ1n) is 17.3. The summed E-state index contributed by atoms with van der Waals surface area (Å²) in [4.78, 5) is 9.45. The molecule has 0 spiro atoms. The maximum Gasteiger partial charge on any atom is 0.0798 e. The van der Waals surface area contributed by atoms with E-state index in [1.54, 1.807) is 0 Å². The number of hydrogen-bond acceptors (Lipinski definition) is 3. The van der Waals surface area contributed by atoms with E-state index in [2.05, 4.69) is 150 Å². The number of benzene rings is 5. The van der Waals surface area contributed by atoms with Gasteiger partial charge in [0.15, 0.2) is 0 Å². The van der Waals surface area contributed by atoms with Crippen LogP contribution < -0.4 is 5.19 Å². The molecule has 0 unspecified atom stereocenters. The van der Waals surface area contributed by atoms with Crippen molar-refractivity contribution < 1.29 is 20.1 Å². The number of nitrogens with zero attached hydrogens (tertiary/aromatic N) is 2. The minimum Gasteiger partial charge on any atom is -0.305 e. The Kier molecular flexibility index (Phi) is 10.9. The number of rotatable bonds is 5. The van der Waals surface area contributed by atoms with E-state index >= 15 is 0 Å². The number of thiophene rings is 1. The zero-order chi connectivity index (χ0) is 34.9. The molecule has 0 amide bonds. The van der Waals surface area contributed by atoms with Crippen molar-refractivity contribution in [2.45, 2.75) is 46.8 Å². The summed E-state index contributed by atoms with van der Waals surface area (Å²) in [5.41, 5.74) is 8.41. The van der Waals surface area contributed by atoms with E-state index in [0.717, 1.165) is 34.3 Å². The Bertz CT molecular complexity index is 2420. The Balaban J connectivity index is 0.000000182. The first-order chi connectivity index (χ1) is 24.0. The van der Waals surface area contributed by atoms with Gasteiger partial charge in [-0.2, -0.15) is 11.3 Å². The van der Waals surface area contributed by atoms with Crippen LogP contribution in [-0.2, 0) is 26.5 Å². The molecule has 0 aliphatic rings. The predicted molar refractivity (Wildman–Crippen MR) is 219 cm³/mol. The van der Waals surface area contributed by atoms with Gasteiger partial charge in [0.05, 0.1) is 8.07 Å². The number of fused-ring (bicyclic) bond motifs is 4. The molecule has 0 fully saturated rings. The van der Waals surface area contributed by atoms with Gasteiger partial charge in [-0.3, -0.25) is 0 Å². The molecule has 2 nitrogen and oxygen atoms in total. The molecule has 0 aliphatic heterocycles. The van der Waals surface area contributed by atoms with E-state index in [0.29, 0.717) is 0 Å². The molecule has 257 valence electrons. The van der Waals surface area contributed by atoms with Crippen LogP contribution in [0.5, 0.6) is 0 Å². The molecule has 1 radical (unpaired) electrons. The molecule has 0 atom stereocenters. The molecule has 8 aromatic rings. The quantitative estimate of drug-likeness (QED) is 0.127. The van der Waals surface area contributed by atoms with Crippen molar-refractivity contribution in [3.63, 3.8) is 0 Å². The summed E-state index contributed by atoms with van der Waals surface area (Å²) in [6.45, 7) is 14.1. The second-order valence-corrected chi connectivity index (χ2v) is 21.3. The summed E-state index contributed by atoms with van der Waals surface area (Å²) in [6.07, 6.45) is 5.16. The van der Waals surface area contributed by atoms with E-state index in [1.807, 2.05) is 47.9 Å².